The molecule has 4 aliphatic rings. The van der Waals surface area contributed by atoms with Gasteiger partial charge >= 0.3 is 11.9 Å². The first kappa shape index (κ1) is 46.9. The van der Waals surface area contributed by atoms with E-state index in [4.69, 9.17) is 32.5 Å². The fourth-order valence-electron chi connectivity index (χ4n) is 10.2. The van der Waals surface area contributed by atoms with Crippen LogP contribution in [0.25, 0.3) is 0 Å². The van der Waals surface area contributed by atoms with Gasteiger partial charge in [0.1, 0.15) is 17.1 Å². The van der Waals surface area contributed by atoms with Gasteiger partial charge in [0.2, 0.25) is 11.8 Å². The molecular formula is C47H64N2O11Si2. The average Bonchev–Trinajstić information content (AvgIpc) is 3.52. The van der Waals surface area contributed by atoms with E-state index < -0.39 is 56.8 Å². The number of fused-ring (bicyclic) bond motifs is 2. The Morgan fingerprint density at radius 2 is 1.08 bits per heavy atom. The normalized spacial score (nSPS) is 29.5. The van der Waals surface area contributed by atoms with Crippen LogP contribution in [0.5, 0.6) is 11.5 Å². The summed E-state index contributed by atoms with van der Waals surface area (Å²) in [5.41, 5.74) is -1.74. The van der Waals surface area contributed by atoms with E-state index in [2.05, 4.69) is 26.2 Å². The molecule has 0 bridgehead atoms. The van der Waals surface area contributed by atoms with Crippen molar-refractivity contribution in [3.63, 3.8) is 0 Å². The van der Waals surface area contributed by atoms with Crippen molar-refractivity contribution in [2.75, 3.05) is 35.0 Å². The molecule has 0 N–H and O–H groups in total. The number of hydrogen-bond acceptors (Lipinski definition) is 11. The molecule has 4 saturated heterocycles. The van der Waals surface area contributed by atoms with Crippen molar-refractivity contribution in [1.82, 2.24) is 9.80 Å². The van der Waals surface area contributed by atoms with Gasteiger partial charge in [-0.25, -0.2) is 9.59 Å². The van der Waals surface area contributed by atoms with E-state index in [0.717, 1.165) is 46.7 Å². The molecule has 3 aromatic carbocycles. The predicted octanol–water partition coefficient (Wildman–Crippen LogP) is 7.14. The number of hydrogen-bond donors (Lipinski definition) is 0. The summed E-state index contributed by atoms with van der Waals surface area (Å²) in [5, 5.41) is 0. The number of esters is 2. The van der Waals surface area contributed by atoms with Crippen molar-refractivity contribution >= 4 is 40.4 Å². The molecule has 6 atom stereocenters. The van der Waals surface area contributed by atoms with Gasteiger partial charge in [-0.15, -0.1) is 0 Å². The minimum Gasteiger partial charge on any atom is -0.497 e. The Labute approximate surface area is 368 Å². The zero-order valence-corrected chi connectivity index (χ0v) is 40.2. The van der Waals surface area contributed by atoms with Crippen molar-refractivity contribution in [3.8, 4) is 11.5 Å². The Kier molecular flexibility index (Phi) is 13.6. The minimum absolute atomic E-state index is 0.0199. The minimum atomic E-state index is -2.12. The van der Waals surface area contributed by atoms with Gasteiger partial charge in [-0.2, -0.15) is 0 Å². The third kappa shape index (κ3) is 8.34. The number of rotatable bonds is 12. The predicted molar refractivity (Wildman–Crippen MR) is 238 cm³/mol. The molecule has 2 amide bonds. The van der Waals surface area contributed by atoms with Crippen molar-refractivity contribution in [3.05, 3.63) is 95.6 Å². The molecule has 0 unspecified atom stereocenters. The maximum absolute atomic E-state index is 13.9. The number of methoxy groups -OCH3 is 4. The second-order valence-electron chi connectivity index (χ2n) is 18.6. The highest BCUT2D eigenvalue weighted by molar-refractivity contribution is 6.72. The Morgan fingerprint density at radius 3 is 1.56 bits per heavy atom. The van der Waals surface area contributed by atoms with Crippen LogP contribution in [0.4, 0.5) is 0 Å². The van der Waals surface area contributed by atoms with Crippen LogP contribution in [0.3, 0.4) is 0 Å². The van der Waals surface area contributed by atoms with Crippen LogP contribution in [0.2, 0.25) is 38.3 Å². The second-order valence-corrected chi connectivity index (χ2v) is 27.0. The van der Waals surface area contributed by atoms with E-state index in [1.165, 1.54) is 14.2 Å². The Hall–Kier alpha value is -4.55. The monoisotopic (exact) mass is 888 g/mol. The van der Waals surface area contributed by atoms with E-state index in [-0.39, 0.29) is 30.9 Å². The molecule has 0 radical (unpaired) electrons. The highest BCUT2D eigenvalue weighted by Crippen LogP contribution is 2.55. The summed E-state index contributed by atoms with van der Waals surface area (Å²) in [6.45, 7) is 15.0. The number of nitrogens with zero attached hydrogens (tertiary/aromatic N) is 2. The number of likely N-dealkylation sites (tertiary alicyclic amines) is 2. The zero-order valence-electron chi connectivity index (χ0n) is 38.2. The molecule has 13 nitrogen and oxygen atoms in total. The summed E-state index contributed by atoms with van der Waals surface area (Å²) in [5.74, 6) is -0.374. The molecule has 336 valence electrons. The molecular weight excluding hydrogens is 825 g/mol. The van der Waals surface area contributed by atoms with Gasteiger partial charge < -0.3 is 42.3 Å². The van der Waals surface area contributed by atoms with E-state index in [1.54, 1.807) is 30.9 Å². The third-order valence-electron chi connectivity index (χ3n) is 13.8. The van der Waals surface area contributed by atoms with Crippen LogP contribution >= 0.6 is 0 Å². The van der Waals surface area contributed by atoms with Crippen LogP contribution in [0.15, 0.2) is 78.9 Å². The summed E-state index contributed by atoms with van der Waals surface area (Å²) in [6, 6.07) is 26.6. The number of amides is 2. The van der Waals surface area contributed by atoms with Gasteiger partial charge in [-0.05, 0) is 113 Å². The first-order chi connectivity index (χ1) is 29.3. The van der Waals surface area contributed by atoms with Gasteiger partial charge in [0.15, 0.2) is 27.7 Å². The van der Waals surface area contributed by atoms with Crippen LogP contribution in [0, 0.1) is 11.8 Å². The molecule has 4 heterocycles. The quantitative estimate of drug-likeness (QED) is 0.136. The molecule has 4 aliphatic heterocycles. The first-order valence-corrected chi connectivity index (χ1v) is 27.6. The molecule has 4 fully saturated rings. The molecule has 0 spiro atoms. The lowest BCUT2D eigenvalue weighted by molar-refractivity contribution is -0.178. The van der Waals surface area contributed by atoms with Crippen LogP contribution in [0.1, 0.15) is 50.3 Å². The summed E-state index contributed by atoms with van der Waals surface area (Å²) >= 11 is 0. The number of carbonyl (C=O) groups is 4. The smallest absolute Gasteiger partial charge is 0.337 e. The summed E-state index contributed by atoms with van der Waals surface area (Å²) < 4.78 is 40.5. The fourth-order valence-corrected chi connectivity index (χ4v) is 15.3. The SMILES string of the molecule is COC(=O)[C@@]1(C)N(Cc2ccc(OC)cc2)C(=O)[C@@H]2CC[Si](C)(C)O[C@@]21C.COC(=O)[C@@]1(COCc2ccccc2)N(Cc2ccc(OC)cc2)C(=O)[C@@H]2CC[Si](C)(C)O[C@@]21C. The number of carbonyl (C=O) groups excluding carboxylic acids is 4. The third-order valence-corrected chi connectivity index (χ3v) is 18.8. The largest absolute Gasteiger partial charge is 0.497 e. The van der Waals surface area contributed by atoms with Gasteiger partial charge in [-0.3, -0.25) is 9.59 Å². The zero-order chi connectivity index (χ0) is 45.3. The lowest BCUT2D eigenvalue weighted by Gasteiger charge is -2.51. The van der Waals surface area contributed by atoms with E-state index in [0.29, 0.717) is 19.6 Å². The number of benzene rings is 3. The van der Waals surface area contributed by atoms with Crippen LogP contribution in [-0.2, 0) is 61.9 Å². The molecule has 0 aromatic heterocycles. The van der Waals surface area contributed by atoms with Gasteiger partial charge in [0.05, 0.1) is 59.1 Å². The Bertz CT molecular complexity index is 2100. The standard InChI is InChI=1S/C27H35NO6Si.C20H29NO5Si/c1-26-23(15-16-35(4,5)34-26)24(29)28(17-20-11-13-22(31-2)14-12-20)27(26,25(30)32-3)19-33-18-21-9-7-6-8-10-21;1-19(18(23)25-4)20(2)16(11-12-27(5,6)26-20)17(22)21(19)13-14-7-9-15(24-3)10-8-14/h6-14,23H,15-19H2,1-5H3;7-10,16H,11-13H2,1-6H3/t23-,26-,27+;16-,19+,20-/m00/s1. The van der Waals surface area contributed by atoms with Crippen molar-refractivity contribution in [2.45, 2.75) is 114 Å². The molecule has 62 heavy (non-hydrogen) atoms. The Balaban J connectivity index is 0.000000214. The van der Waals surface area contributed by atoms with Crippen molar-refractivity contribution in [2.24, 2.45) is 11.8 Å². The fraction of sp³-hybridized carbons (Fsp3) is 0.532. The van der Waals surface area contributed by atoms with Crippen LogP contribution < -0.4 is 9.47 Å². The molecule has 7 rings (SSSR count). The molecule has 3 aromatic rings. The second kappa shape index (κ2) is 17.9. The highest BCUT2D eigenvalue weighted by atomic mass is 28.4. The first-order valence-electron chi connectivity index (χ1n) is 21.3. The topological polar surface area (TPSA) is 139 Å². The lowest BCUT2D eigenvalue weighted by atomic mass is 9.75. The van der Waals surface area contributed by atoms with Crippen molar-refractivity contribution in [1.29, 1.82) is 0 Å². The summed E-state index contributed by atoms with van der Waals surface area (Å²) in [7, 11) is 1.87. The maximum atomic E-state index is 13.9. The summed E-state index contributed by atoms with van der Waals surface area (Å²) in [6.07, 6.45) is 1.44. The van der Waals surface area contributed by atoms with Crippen LogP contribution in [-0.4, -0.2) is 108 Å². The molecule has 15 heteroatoms. The number of ether oxygens (including phenoxy) is 5. The highest BCUT2D eigenvalue weighted by Gasteiger charge is 2.74. The average molecular weight is 889 g/mol. The van der Waals surface area contributed by atoms with Crippen molar-refractivity contribution < 1.29 is 51.7 Å². The Morgan fingerprint density at radius 1 is 0.629 bits per heavy atom. The van der Waals surface area contributed by atoms with Gasteiger partial charge in [-0.1, -0.05) is 54.6 Å². The van der Waals surface area contributed by atoms with Gasteiger partial charge in [0, 0.05) is 13.1 Å². The van der Waals surface area contributed by atoms with Gasteiger partial charge in [0.25, 0.3) is 0 Å². The summed E-state index contributed by atoms with van der Waals surface area (Å²) in [4.78, 5) is 57.2. The molecule has 0 aliphatic carbocycles. The van der Waals surface area contributed by atoms with E-state index in [9.17, 15) is 19.2 Å². The maximum Gasteiger partial charge on any atom is 0.337 e. The van der Waals surface area contributed by atoms with E-state index >= 15 is 0 Å². The van der Waals surface area contributed by atoms with E-state index in [1.807, 2.05) is 92.7 Å². The lowest BCUT2D eigenvalue weighted by Crippen LogP contribution is -2.70. The molecule has 0 saturated carbocycles.